The minimum absolute atomic E-state index is 0.209. The molecule has 2 unspecified atom stereocenters. The molecular formula is C9H15F3N2O5. The number of aliphatic hydroxyl groups is 2. The van der Waals surface area contributed by atoms with Crippen molar-refractivity contribution >= 4 is 11.9 Å². The molecule has 19 heavy (non-hydrogen) atoms. The van der Waals surface area contributed by atoms with E-state index in [1.54, 1.807) is 14.1 Å². The molecule has 1 rings (SSSR count). The molecule has 10 heteroatoms. The number of rotatable bonds is 1. The van der Waals surface area contributed by atoms with Gasteiger partial charge in [0.1, 0.15) is 12.1 Å². The van der Waals surface area contributed by atoms with Crippen LogP contribution in [0.4, 0.5) is 13.2 Å². The number of β-amino-alcohol motifs (C(OH)–C–C–N with tert-alkyl or cyclic N) is 1. The Morgan fingerprint density at radius 2 is 1.68 bits per heavy atom. The molecule has 0 saturated carbocycles. The molecule has 0 aromatic heterocycles. The van der Waals surface area contributed by atoms with Crippen LogP contribution in [0, 0.1) is 0 Å². The second-order valence-corrected chi connectivity index (χ2v) is 3.98. The van der Waals surface area contributed by atoms with Gasteiger partial charge in [-0.2, -0.15) is 13.2 Å². The van der Waals surface area contributed by atoms with E-state index in [4.69, 9.17) is 15.0 Å². The molecule has 0 aliphatic carbocycles. The molecule has 1 heterocycles. The van der Waals surface area contributed by atoms with Gasteiger partial charge in [-0.05, 0) is 0 Å². The number of aliphatic carboxylic acids is 1. The van der Waals surface area contributed by atoms with Crippen LogP contribution in [0.5, 0.6) is 0 Å². The molecule has 1 aliphatic heterocycles. The summed E-state index contributed by atoms with van der Waals surface area (Å²) in [4.78, 5) is 21.6. The van der Waals surface area contributed by atoms with Crippen LogP contribution in [0.2, 0.25) is 0 Å². The Balaban J connectivity index is 0.000000399. The standard InChI is InChI=1S/C7H14N2O3.C2HF3O2/c1-9(2)7(12)5-6(11)4(10)3-8-5;3-2(4,5)1(6)7/h4-6,8,10-11H,3H2,1-2H3;(H,6,7)/t4?,5-,6?;/m0./s1. The lowest BCUT2D eigenvalue weighted by molar-refractivity contribution is -0.192. The third kappa shape index (κ3) is 5.41. The fraction of sp³-hybridized carbons (Fsp3) is 0.778. The molecule has 3 atom stereocenters. The van der Waals surface area contributed by atoms with Gasteiger partial charge < -0.3 is 25.5 Å². The highest BCUT2D eigenvalue weighted by molar-refractivity contribution is 5.82. The zero-order valence-electron chi connectivity index (χ0n) is 10.2. The van der Waals surface area contributed by atoms with E-state index in [-0.39, 0.29) is 12.5 Å². The minimum atomic E-state index is -5.08. The molecule has 112 valence electrons. The number of amides is 1. The molecule has 0 radical (unpaired) electrons. The SMILES string of the molecule is CN(C)C(=O)[C@H]1NCC(O)C1O.O=C(O)C(F)(F)F. The fourth-order valence-electron chi connectivity index (χ4n) is 1.22. The minimum Gasteiger partial charge on any atom is -0.475 e. The van der Waals surface area contributed by atoms with Gasteiger partial charge in [-0.25, -0.2) is 4.79 Å². The van der Waals surface area contributed by atoms with Crippen LogP contribution < -0.4 is 5.32 Å². The maximum absolute atomic E-state index is 11.3. The van der Waals surface area contributed by atoms with E-state index >= 15 is 0 Å². The van der Waals surface area contributed by atoms with Crippen molar-refractivity contribution in [3.05, 3.63) is 0 Å². The molecule has 0 bridgehead atoms. The normalized spacial score (nSPS) is 26.4. The topological polar surface area (TPSA) is 110 Å². The van der Waals surface area contributed by atoms with E-state index in [0.717, 1.165) is 0 Å². The van der Waals surface area contributed by atoms with Crippen LogP contribution in [0.25, 0.3) is 0 Å². The number of likely N-dealkylation sites (N-methyl/N-ethyl adjacent to an activating group) is 1. The van der Waals surface area contributed by atoms with E-state index < -0.39 is 30.4 Å². The third-order valence-electron chi connectivity index (χ3n) is 2.23. The van der Waals surface area contributed by atoms with E-state index in [9.17, 15) is 23.1 Å². The summed E-state index contributed by atoms with van der Waals surface area (Å²) in [7, 11) is 3.23. The molecule has 4 N–H and O–H groups in total. The van der Waals surface area contributed by atoms with Gasteiger partial charge in [0.2, 0.25) is 5.91 Å². The second-order valence-electron chi connectivity index (χ2n) is 3.98. The Labute approximate surface area is 106 Å². The summed E-state index contributed by atoms with van der Waals surface area (Å²) in [5, 5.41) is 28.3. The first-order valence-corrected chi connectivity index (χ1v) is 5.09. The number of nitrogens with zero attached hydrogens (tertiary/aromatic N) is 1. The van der Waals surface area contributed by atoms with Gasteiger partial charge in [-0.1, -0.05) is 0 Å². The predicted octanol–water partition coefficient (Wildman–Crippen LogP) is -1.60. The zero-order chi connectivity index (χ0) is 15.4. The summed E-state index contributed by atoms with van der Waals surface area (Å²) in [5.74, 6) is -2.97. The number of carboxylic acids is 1. The Kier molecular flexibility index (Phi) is 6.19. The molecule has 1 saturated heterocycles. The Morgan fingerprint density at radius 3 is 1.89 bits per heavy atom. The average molecular weight is 288 g/mol. The monoisotopic (exact) mass is 288 g/mol. The number of carboxylic acid groups (broad SMARTS) is 1. The van der Waals surface area contributed by atoms with Crippen LogP contribution in [-0.4, -0.2) is 77.2 Å². The number of carbonyl (C=O) groups excluding carboxylic acids is 1. The van der Waals surface area contributed by atoms with Gasteiger partial charge >= 0.3 is 12.1 Å². The highest BCUT2D eigenvalue weighted by atomic mass is 19.4. The van der Waals surface area contributed by atoms with Gasteiger partial charge in [-0.3, -0.25) is 4.79 Å². The van der Waals surface area contributed by atoms with Crippen molar-refractivity contribution in [2.24, 2.45) is 0 Å². The highest BCUT2D eigenvalue weighted by Gasteiger charge is 2.39. The van der Waals surface area contributed by atoms with Crippen LogP contribution in [0.3, 0.4) is 0 Å². The maximum atomic E-state index is 11.3. The number of aliphatic hydroxyl groups excluding tert-OH is 2. The number of halogens is 3. The Morgan fingerprint density at radius 1 is 1.26 bits per heavy atom. The molecule has 0 aromatic carbocycles. The van der Waals surface area contributed by atoms with Crippen molar-refractivity contribution < 1.29 is 38.1 Å². The molecular weight excluding hydrogens is 273 g/mol. The molecule has 0 aromatic rings. The Bertz CT molecular complexity index is 334. The largest absolute Gasteiger partial charge is 0.490 e. The van der Waals surface area contributed by atoms with Crippen molar-refractivity contribution in [3.63, 3.8) is 0 Å². The highest BCUT2D eigenvalue weighted by Crippen LogP contribution is 2.13. The summed E-state index contributed by atoms with van der Waals surface area (Å²) in [5.41, 5.74) is 0. The number of hydrogen-bond donors (Lipinski definition) is 4. The summed E-state index contributed by atoms with van der Waals surface area (Å²) in [6.07, 6.45) is -6.90. The summed E-state index contributed by atoms with van der Waals surface area (Å²) in [6, 6.07) is -0.657. The lowest BCUT2D eigenvalue weighted by Crippen LogP contribution is -2.46. The number of nitrogens with one attached hydrogen (secondary N) is 1. The van der Waals surface area contributed by atoms with E-state index in [0.29, 0.717) is 0 Å². The lowest BCUT2D eigenvalue weighted by atomic mass is 10.1. The van der Waals surface area contributed by atoms with Crippen molar-refractivity contribution in [1.82, 2.24) is 10.2 Å². The quantitative estimate of drug-likeness (QED) is 0.463. The number of hydrogen-bond acceptors (Lipinski definition) is 5. The van der Waals surface area contributed by atoms with E-state index in [1.165, 1.54) is 4.90 Å². The molecule has 0 spiro atoms. The number of alkyl halides is 3. The maximum Gasteiger partial charge on any atom is 0.490 e. The Hall–Kier alpha value is -1.39. The van der Waals surface area contributed by atoms with Crippen molar-refractivity contribution in [3.8, 4) is 0 Å². The first kappa shape index (κ1) is 17.6. The summed E-state index contributed by atoms with van der Waals surface area (Å²) < 4.78 is 31.7. The second kappa shape index (κ2) is 6.68. The van der Waals surface area contributed by atoms with Gasteiger partial charge in [0.15, 0.2) is 0 Å². The summed E-state index contributed by atoms with van der Waals surface area (Å²) >= 11 is 0. The van der Waals surface area contributed by atoms with Crippen molar-refractivity contribution in [1.29, 1.82) is 0 Å². The third-order valence-corrected chi connectivity index (χ3v) is 2.23. The summed E-state index contributed by atoms with van der Waals surface area (Å²) in [6.45, 7) is 0.269. The molecule has 1 amide bonds. The molecule has 7 nitrogen and oxygen atoms in total. The molecule has 1 aliphatic rings. The van der Waals surface area contributed by atoms with E-state index in [1.807, 2.05) is 0 Å². The smallest absolute Gasteiger partial charge is 0.475 e. The van der Waals surface area contributed by atoms with Gasteiger partial charge in [-0.15, -0.1) is 0 Å². The zero-order valence-corrected chi connectivity index (χ0v) is 10.2. The fourth-order valence-corrected chi connectivity index (χ4v) is 1.22. The predicted molar refractivity (Wildman–Crippen MR) is 56.2 cm³/mol. The van der Waals surface area contributed by atoms with Gasteiger partial charge in [0.25, 0.3) is 0 Å². The first-order chi connectivity index (χ1) is 8.48. The van der Waals surface area contributed by atoms with Crippen molar-refractivity contribution in [2.45, 2.75) is 24.4 Å². The van der Waals surface area contributed by atoms with Gasteiger partial charge in [0.05, 0.1) is 6.10 Å². The van der Waals surface area contributed by atoms with Crippen LogP contribution in [0.1, 0.15) is 0 Å². The van der Waals surface area contributed by atoms with Crippen molar-refractivity contribution in [2.75, 3.05) is 20.6 Å². The number of carbonyl (C=O) groups is 2. The van der Waals surface area contributed by atoms with Gasteiger partial charge in [0, 0.05) is 20.6 Å². The molecule has 1 fully saturated rings. The van der Waals surface area contributed by atoms with Crippen LogP contribution in [0.15, 0.2) is 0 Å². The van der Waals surface area contributed by atoms with Crippen LogP contribution in [-0.2, 0) is 9.59 Å². The average Bonchev–Trinajstić information content (AvgIpc) is 2.58. The van der Waals surface area contributed by atoms with Crippen LogP contribution >= 0.6 is 0 Å². The van der Waals surface area contributed by atoms with E-state index in [2.05, 4.69) is 5.32 Å². The lowest BCUT2D eigenvalue weighted by Gasteiger charge is -2.19. The first-order valence-electron chi connectivity index (χ1n) is 5.09.